The van der Waals surface area contributed by atoms with Crippen molar-refractivity contribution in [2.75, 3.05) is 0 Å². The van der Waals surface area contributed by atoms with Gasteiger partial charge in [-0.05, 0) is 12.1 Å². The van der Waals surface area contributed by atoms with Crippen molar-refractivity contribution >= 4 is 35.0 Å². The number of rotatable bonds is 5. The Morgan fingerprint density at radius 1 is 1.28 bits per heavy atom. The zero-order valence-electron chi connectivity index (χ0n) is 8.56. The predicted molar refractivity (Wildman–Crippen MR) is 57.2 cm³/mol. The summed E-state index contributed by atoms with van der Waals surface area (Å²) in [4.78, 5) is 0. The van der Waals surface area contributed by atoms with Crippen molar-refractivity contribution in [3.63, 3.8) is 0 Å². The van der Waals surface area contributed by atoms with E-state index in [1.54, 1.807) is 24.3 Å². The van der Waals surface area contributed by atoms with Gasteiger partial charge in [-0.1, -0.05) is 18.2 Å². The highest BCUT2D eigenvalue weighted by molar-refractivity contribution is 9.06. The lowest BCUT2D eigenvalue weighted by Gasteiger charge is -2.10. The molecule has 98 valence electrons. The lowest BCUT2D eigenvalue weighted by atomic mass is 10.3. The quantitative estimate of drug-likeness (QED) is 0.727. The molecule has 0 aliphatic carbocycles. The molecule has 0 N–H and O–H groups in total. The van der Waals surface area contributed by atoms with Gasteiger partial charge in [-0.25, -0.2) is 4.57 Å². The molecular formula is C8H6BrClNO6P. The number of benzene rings is 1. The molecule has 0 bridgehead atoms. The molecular weight excluding hydrogens is 352 g/mol. The SMILES string of the molecule is O=P(OBr)(On1ccc2ccccc21)O[Cl+2]([O-])[O-]. The Morgan fingerprint density at radius 2 is 2.00 bits per heavy atom. The first-order valence-corrected chi connectivity index (χ1v) is 7.50. The Balaban J connectivity index is 2.29. The summed E-state index contributed by atoms with van der Waals surface area (Å²) in [7, 11) is -7.00. The summed E-state index contributed by atoms with van der Waals surface area (Å²) in [6, 6.07) is 8.75. The highest BCUT2D eigenvalue weighted by Crippen LogP contribution is 2.49. The first kappa shape index (κ1) is 13.8. The van der Waals surface area contributed by atoms with Gasteiger partial charge in [0.1, 0.15) is 20.3 Å². The fourth-order valence-corrected chi connectivity index (χ4v) is 3.02. The van der Waals surface area contributed by atoms with Crippen molar-refractivity contribution in [2.45, 2.75) is 0 Å². The second-order valence-electron chi connectivity index (χ2n) is 3.06. The van der Waals surface area contributed by atoms with Gasteiger partial charge in [-0.2, -0.15) is 8.35 Å². The largest absolute Gasteiger partial charge is 0.662 e. The van der Waals surface area contributed by atoms with Gasteiger partial charge in [0.05, 0.1) is 5.52 Å². The molecule has 0 aliphatic rings. The van der Waals surface area contributed by atoms with Gasteiger partial charge in [0.15, 0.2) is 0 Å². The highest BCUT2D eigenvalue weighted by atomic mass is 79.9. The molecule has 0 radical (unpaired) electrons. The number of halogens is 2. The molecule has 1 unspecified atom stereocenters. The van der Waals surface area contributed by atoms with E-state index in [9.17, 15) is 13.9 Å². The van der Waals surface area contributed by atoms with E-state index in [-0.39, 0.29) is 0 Å². The Labute approximate surface area is 113 Å². The van der Waals surface area contributed by atoms with Crippen molar-refractivity contribution in [1.29, 1.82) is 0 Å². The summed E-state index contributed by atoms with van der Waals surface area (Å²) in [5.41, 5.74) is 0.582. The molecule has 1 heterocycles. The summed E-state index contributed by atoms with van der Waals surface area (Å²) in [5.74, 6) is 0. The second kappa shape index (κ2) is 5.58. The first-order valence-electron chi connectivity index (χ1n) is 4.46. The van der Waals surface area contributed by atoms with Crippen LogP contribution in [0.4, 0.5) is 0 Å². The van der Waals surface area contributed by atoms with Gasteiger partial charge in [0.2, 0.25) is 0 Å². The molecule has 1 atom stereocenters. The van der Waals surface area contributed by atoms with Gasteiger partial charge < -0.3 is 13.9 Å². The van der Waals surface area contributed by atoms with E-state index in [1.165, 1.54) is 6.20 Å². The normalized spacial score (nSPS) is 14.9. The maximum atomic E-state index is 11.8. The number of nitrogens with zero attached hydrogens (tertiary/aromatic N) is 1. The van der Waals surface area contributed by atoms with Gasteiger partial charge in [-0.3, -0.25) is 0 Å². The summed E-state index contributed by atoms with van der Waals surface area (Å²) in [6.07, 6.45) is 1.45. The van der Waals surface area contributed by atoms with Crippen molar-refractivity contribution in [3.8, 4) is 0 Å². The fourth-order valence-electron chi connectivity index (χ4n) is 1.34. The number of phosphoric acid groups is 1. The van der Waals surface area contributed by atoms with Crippen molar-refractivity contribution in [3.05, 3.63) is 36.5 Å². The Morgan fingerprint density at radius 3 is 2.67 bits per heavy atom. The molecule has 0 aliphatic heterocycles. The van der Waals surface area contributed by atoms with Crippen LogP contribution < -0.4 is 13.9 Å². The van der Waals surface area contributed by atoms with Crippen LogP contribution in [0.25, 0.3) is 10.9 Å². The van der Waals surface area contributed by atoms with Crippen LogP contribution in [0, 0.1) is 10.8 Å². The number of hydrogen-bond acceptors (Lipinski definition) is 6. The summed E-state index contributed by atoms with van der Waals surface area (Å²) >= 11 is 2.40. The highest BCUT2D eigenvalue weighted by Gasteiger charge is 2.42. The maximum Gasteiger partial charge on any atom is 0.662 e. The lowest BCUT2D eigenvalue weighted by Crippen LogP contribution is -2.34. The third kappa shape index (κ3) is 3.04. The van der Waals surface area contributed by atoms with Crippen LogP contribution in [0.1, 0.15) is 0 Å². The minimum atomic E-state index is -4.30. The number of hydrogen-bond donors (Lipinski definition) is 0. The molecule has 10 heteroatoms. The van der Waals surface area contributed by atoms with Crippen molar-refractivity contribution in [1.82, 2.24) is 4.73 Å². The monoisotopic (exact) mass is 357 g/mol. The minimum Gasteiger partial charge on any atom is -0.320 e. The summed E-state index contributed by atoms with van der Waals surface area (Å²) < 4.78 is 46.7. The van der Waals surface area contributed by atoms with Gasteiger partial charge >= 0.3 is 18.6 Å². The van der Waals surface area contributed by atoms with E-state index in [0.29, 0.717) is 5.52 Å². The van der Waals surface area contributed by atoms with Crippen molar-refractivity contribution in [2.24, 2.45) is 0 Å². The average molecular weight is 358 g/mol. The molecule has 7 nitrogen and oxygen atoms in total. The van der Waals surface area contributed by atoms with Crippen molar-refractivity contribution < 1.29 is 37.0 Å². The molecule has 0 spiro atoms. The molecule has 2 rings (SSSR count). The van der Waals surface area contributed by atoms with E-state index in [0.717, 1.165) is 10.1 Å². The Kier molecular flexibility index (Phi) is 4.29. The lowest BCUT2D eigenvalue weighted by molar-refractivity contribution is -1.62. The second-order valence-corrected chi connectivity index (χ2v) is 6.05. The first-order chi connectivity index (χ1) is 8.54. The smallest absolute Gasteiger partial charge is 0.320 e. The molecule has 1 aromatic heterocycles. The van der Waals surface area contributed by atoms with Crippen LogP contribution in [0.3, 0.4) is 0 Å². The van der Waals surface area contributed by atoms with Crippen LogP contribution in [0.2, 0.25) is 0 Å². The average Bonchev–Trinajstić information content (AvgIpc) is 2.72. The van der Waals surface area contributed by atoms with Crippen LogP contribution in [-0.2, 0) is 12.3 Å². The Bertz CT molecular complexity index is 590. The summed E-state index contributed by atoms with van der Waals surface area (Å²) in [5, 5.41) is 0.818. The Hall–Kier alpha value is -0.600. The molecule has 2 aromatic rings. The summed E-state index contributed by atoms with van der Waals surface area (Å²) in [6.45, 7) is 0. The number of para-hydroxylation sites is 1. The van der Waals surface area contributed by atoms with Crippen LogP contribution in [-0.4, -0.2) is 4.73 Å². The van der Waals surface area contributed by atoms with E-state index in [4.69, 9.17) is 4.62 Å². The molecule has 0 fully saturated rings. The fraction of sp³-hybridized carbons (Fsp3) is 0. The number of aromatic nitrogens is 1. The molecule has 0 saturated carbocycles. The molecule has 0 saturated heterocycles. The van der Waals surface area contributed by atoms with Gasteiger partial charge in [0, 0.05) is 11.6 Å². The van der Waals surface area contributed by atoms with E-state index < -0.39 is 18.6 Å². The zero-order chi connectivity index (χ0) is 13.2. The van der Waals surface area contributed by atoms with Crippen LogP contribution in [0.5, 0.6) is 0 Å². The third-order valence-electron chi connectivity index (χ3n) is 1.98. The molecule has 0 amide bonds. The number of fused-ring (bicyclic) bond motifs is 1. The maximum absolute atomic E-state index is 11.8. The molecule has 18 heavy (non-hydrogen) atoms. The third-order valence-corrected chi connectivity index (χ3v) is 4.71. The van der Waals surface area contributed by atoms with E-state index in [2.05, 4.69) is 23.9 Å². The standard InChI is InChI=1S/C8H6BrClNO6P/c9-15-18(14,16-10(12)13)17-11-6-5-7-3-1-2-4-8(7)11/h1-6H. The molecule has 1 aromatic carbocycles. The van der Waals surface area contributed by atoms with E-state index in [1.807, 2.05) is 6.07 Å². The topological polar surface area (TPSA) is 95.8 Å². The van der Waals surface area contributed by atoms with Crippen LogP contribution in [0.15, 0.2) is 36.5 Å². The van der Waals surface area contributed by atoms with Gasteiger partial charge in [0.25, 0.3) is 0 Å². The van der Waals surface area contributed by atoms with Crippen LogP contribution >= 0.6 is 24.1 Å². The minimum absolute atomic E-state index is 0.582. The van der Waals surface area contributed by atoms with Gasteiger partial charge in [-0.15, -0.1) is 0 Å². The zero-order valence-corrected chi connectivity index (χ0v) is 11.8. The van der Waals surface area contributed by atoms with E-state index >= 15 is 0 Å². The predicted octanol–water partition coefficient (Wildman–Crippen LogP) is 0.607.